The van der Waals surface area contributed by atoms with Gasteiger partial charge in [-0.3, -0.25) is 9.79 Å². The van der Waals surface area contributed by atoms with Crippen LogP contribution in [-0.2, 0) is 17.8 Å². The molecule has 0 unspecified atom stereocenters. The van der Waals surface area contributed by atoms with E-state index in [0.717, 1.165) is 17.7 Å². The minimum Gasteiger partial charge on any atom is -0.496 e. The highest BCUT2D eigenvalue weighted by Gasteiger charge is 2.05. The number of furan rings is 1. The highest BCUT2D eigenvalue weighted by molar-refractivity contribution is 14.0. The summed E-state index contributed by atoms with van der Waals surface area (Å²) in [6.45, 7) is 1.18. The van der Waals surface area contributed by atoms with Crippen molar-refractivity contribution in [2.75, 3.05) is 27.2 Å². The first-order chi connectivity index (χ1) is 12.2. The molecular formula is C18H25IN4O3. The lowest BCUT2D eigenvalue weighted by atomic mass is 10.1. The van der Waals surface area contributed by atoms with Crippen molar-refractivity contribution < 1.29 is 13.9 Å². The number of nitrogens with zero attached hydrogens (tertiary/aromatic N) is 1. The Balaban J connectivity index is 0.00000338. The number of aliphatic imine (C=N–C) groups is 1. The van der Waals surface area contributed by atoms with E-state index >= 15 is 0 Å². The molecule has 1 heterocycles. The predicted molar refractivity (Wildman–Crippen MR) is 112 cm³/mol. The van der Waals surface area contributed by atoms with Gasteiger partial charge in [0.15, 0.2) is 5.96 Å². The summed E-state index contributed by atoms with van der Waals surface area (Å²) in [5.41, 5.74) is 1.11. The number of ether oxygens (including phenoxy) is 1. The second kappa shape index (κ2) is 12.2. The van der Waals surface area contributed by atoms with Crippen LogP contribution in [0.1, 0.15) is 11.3 Å². The highest BCUT2D eigenvalue weighted by Crippen LogP contribution is 2.17. The van der Waals surface area contributed by atoms with Gasteiger partial charge in [-0.2, -0.15) is 0 Å². The van der Waals surface area contributed by atoms with Crippen LogP contribution in [0, 0.1) is 0 Å². The summed E-state index contributed by atoms with van der Waals surface area (Å²) >= 11 is 0. The van der Waals surface area contributed by atoms with Crippen LogP contribution in [0.3, 0.4) is 0 Å². The molecule has 0 atom stereocenters. The average molecular weight is 472 g/mol. The number of carbonyl (C=O) groups is 1. The molecule has 0 radical (unpaired) electrons. The molecule has 0 saturated heterocycles. The summed E-state index contributed by atoms with van der Waals surface area (Å²) in [7, 11) is 3.33. The van der Waals surface area contributed by atoms with E-state index in [1.54, 1.807) is 26.5 Å². The molecule has 26 heavy (non-hydrogen) atoms. The summed E-state index contributed by atoms with van der Waals surface area (Å²) in [6, 6.07) is 11.5. The topological polar surface area (TPSA) is 87.9 Å². The Morgan fingerprint density at radius 2 is 1.96 bits per heavy atom. The van der Waals surface area contributed by atoms with Gasteiger partial charge in [0, 0.05) is 13.6 Å². The fourth-order valence-electron chi connectivity index (χ4n) is 2.27. The molecule has 0 bridgehead atoms. The zero-order chi connectivity index (χ0) is 17.9. The number of nitrogens with one attached hydrogen (secondary N) is 3. The van der Waals surface area contributed by atoms with Crippen LogP contribution in [-0.4, -0.2) is 39.1 Å². The minimum absolute atomic E-state index is 0. The first kappa shape index (κ1) is 21.8. The molecule has 0 aliphatic carbocycles. The molecule has 0 aliphatic heterocycles. The van der Waals surface area contributed by atoms with Crippen LogP contribution in [0.2, 0.25) is 0 Å². The van der Waals surface area contributed by atoms with E-state index < -0.39 is 0 Å². The second-order valence-electron chi connectivity index (χ2n) is 5.27. The number of hydrogen-bond donors (Lipinski definition) is 3. The largest absolute Gasteiger partial charge is 0.496 e. The molecule has 1 aromatic heterocycles. The van der Waals surface area contributed by atoms with E-state index in [1.165, 1.54) is 0 Å². The average Bonchev–Trinajstić information content (AvgIpc) is 3.16. The molecule has 1 aromatic carbocycles. The maximum atomic E-state index is 11.8. The summed E-state index contributed by atoms with van der Waals surface area (Å²) in [5, 5.41) is 8.93. The first-order valence-electron chi connectivity index (χ1n) is 8.08. The Bertz CT molecular complexity index is 690. The number of methoxy groups -OCH3 is 1. The van der Waals surface area contributed by atoms with Crippen molar-refractivity contribution >= 4 is 35.8 Å². The summed E-state index contributed by atoms with van der Waals surface area (Å²) in [4.78, 5) is 15.9. The van der Waals surface area contributed by atoms with Crippen molar-refractivity contribution in [1.82, 2.24) is 16.0 Å². The number of benzene rings is 1. The van der Waals surface area contributed by atoms with Crippen LogP contribution >= 0.6 is 24.0 Å². The third-order valence-electron chi connectivity index (χ3n) is 3.56. The molecule has 0 fully saturated rings. The van der Waals surface area contributed by atoms with Gasteiger partial charge >= 0.3 is 0 Å². The fraction of sp³-hybridized carbons (Fsp3) is 0.333. The molecule has 0 aliphatic rings. The molecule has 142 valence electrons. The number of carbonyl (C=O) groups excluding carboxylic acids is 1. The van der Waals surface area contributed by atoms with E-state index in [9.17, 15) is 4.79 Å². The normalized spacial score (nSPS) is 10.6. The Labute approximate surface area is 170 Å². The maximum Gasteiger partial charge on any atom is 0.239 e. The van der Waals surface area contributed by atoms with Gasteiger partial charge in [-0.25, -0.2) is 0 Å². The van der Waals surface area contributed by atoms with Gasteiger partial charge in [-0.15, -0.1) is 24.0 Å². The van der Waals surface area contributed by atoms with Crippen LogP contribution in [0.4, 0.5) is 0 Å². The van der Waals surface area contributed by atoms with E-state index in [-0.39, 0.29) is 36.4 Å². The van der Waals surface area contributed by atoms with Gasteiger partial charge < -0.3 is 25.1 Å². The third kappa shape index (κ3) is 7.34. The molecule has 0 saturated carbocycles. The van der Waals surface area contributed by atoms with Crippen LogP contribution in [0.25, 0.3) is 0 Å². The molecule has 2 rings (SSSR count). The van der Waals surface area contributed by atoms with Crippen molar-refractivity contribution in [3.05, 3.63) is 54.0 Å². The number of rotatable bonds is 8. The molecule has 3 N–H and O–H groups in total. The number of amides is 1. The summed E-state index contributed by atoms with van der Waals surface area (Å²) < 4.78 is 10.5. The van der Waals surface area contributed by atoms with Crippen molar-refractivity contribution in [2.45, 2.75) is 13.0 Å². The van der Waals surface area contributed by atoms with Gasteiger partial charge in [-0.05, 0) is 30.2 Å². The van der Waals surface area contributed by atoms with E-state index in [2.05, 4.69) is 20.9 Å². The lowest BCUT2D eigenvalue weighted by molar-refractivity contribution is -0.120. The second-order valence-corrected chi connectivity index (χ2v) is 5.27. The Morgan fingerprint density at radius 1 is 1.15 bits per heavy atom. The molecule has 2 aromatic rings. The smallest absolute Gasteiger partial charge is 0.239 e. The molecule has 8 heteroatoms. The molecule has 0 spiro atoms. The van der Waals surface area contributed by atoms with Gasteiger partial charge in [0.1, 0.15) is 11.5 Å². The monoisotopic (exact) mass is 472 g/mol. The van der Waals surface area contributed by atoms with Crippen LogP contribution in [0.5, 0.6) is 5.75 Å². The lowest BCUT2D eigenvalue weighted by Gasteiger charge is -2.13. The Hall–Kier alpha value is -2.23. The number of halogens is 1. The number of guanidine groups is 1. The van der Waals surface area contributed by atoms with Crippen molar-refractivity contribution in [3.63, 3.8) is 0 Å². The van der Waals surface area contributed by atoms with Gasteiger partial charge in [0.25, 0.3) is 0 Å². The number of hydrogen-bond acceptors (Lipinski definition) is 4. The van der Waals surface area contributed by atoms with Gasteiger partial charge in [0.2, 0.25) is 5.91 Å². The van der Waals surface area contributed by atoms with Crippen molar-refractivity contribution in [2.24, 2.45) is 4.99 Å². The van der Waals surface area contributed by atoms with Gasteiger partial charge in [0.05, 0.1) is 26.5 Å². The third-order valence-corrected chi connectivity index (χ3v) is 3.56. The Kier molecular flexibility index (Phi) is 10.2. The van der Waals surface area contributed by atoms with E-state index in [1.807, 2.05) is 30.3 Å². The number of para-hydroxylation sites is 1. The van der Waals surface area contributed by atoms with Gasteiger partial charge in [-0.1, -0.05) is 18.2 Å². The lowest BCUT2D eigenvalue weighted by Crippen LogP contribution is -2.43. The molecule has 7 nitrogen and oxygen atoms in total. The van der Waals surface area contributed by atoms with Crippen LogP contribution in [0.15, 0.2) is 52.1 Å². The van der Waals surface area contributed by atoms with Crippen molar-refractivity contribution in [3.8, 4) is 5.75 Å². The SMILES string of the molecule is CN=C(NCCc1ccccc1OC)NCC(=O)NCc1ccco1.I. The minimum atomic E-state index is -0.135. The molecule has 1 amide bonds. The summed E-state index contributed by atoms with van der Waals surface area (Å²) in [5.74, 6) is 2.02. The van der Waals surface area contributed by atoms with E-state index in [4.69, 9.17) is 9.15 Å². The first-order valence-corrected chi connectivity index (χ1v) is 8.08. The fourth-order valence-corrected chi connectivity index (χ4v) is 2.27. The van der Waals surface area contributed by atoms with E-state index in [0.29, 0.717) is 24.8 Å². The molecular weight excluding hydrogens is 447 g/mol. The van der Waals surface area contributed by atoms with Crippen molar-refractivity contribution in [1.29, 1.82) is 0 Å². The summed E-state index contributed by atoms with van der Waals surface area (Å²) in [6.07, 6.45) is 2.36. The standard InChI is InChI=1S/C18H24N4O3.HI/c1-19-18(20-10-9-14-6-3-4-8-16(14)24-2)22-13-17(23)21-12-15-7-5-11-25-15;/h3-8,11H,9-10,12-13H2,1-2H3,(H,21,23)(H2,19,20,22);1H. The zero-order valence-corrected chi connectivity index (χ0v) is 17.3. The maximum absolute atomic E-state index is 11.8. The highest BCUT2D eigenvalue weighted by atomic mass is 127. The quantitative estimate of drug-likeness (QED) is 0.311. The van der Waals surface area contributed by atoms with Crippen LogP contribution < -0.4 is 20.7 Å². The predicted octanol–water partition coefficient (Wildman–Crippen LogP) is 1.93. The zero-order valence-electron chi connectivity index (χ0n) is 15.0. The Morgan fingerprint density at radius 3 is 2.65 bits per heavy atom.